The van der Waals surface area contributed by atoms with Crippen molar-refractivity contribution in [2.24, 2.45) is 0 Å². The van der Waals surface area contributed by atoms with Gasteiger partial charge in [0.05, 0.1) is 9.14 Å². The van der Waals surface area contributed by atoms with Crippen LogP contribution in [0.5, 0.6) is 0 Å². The van der Waals surface area contributed by atoms with Crippen molar-refractivity contribution in [3.05, 3.63) is 39.2 Å². The summed E-state index contributed by atoms with van der Waals surface area (Å²) >= 11 is 1.85. The molecule has 0 amide bonds. The van der Waals surface area contributed by atoms with Gasteiger partial charge >= 0.3 is 0 Å². The minimum Gasteiger partial charge on any atom is -0.289 e. The summed E-state index contributed by atoms with van der Waals surface area (Å²) < 4.78 is 0.425. The summed E-state index contributed by atoms with van der Waals surface area (Å²) in [6.07, 6.45) is 2.85. The zero-order chi connectivity index (χ0) is 9.42. The van der Waals surface area contributed by atoms with Crippen LogP contribution >= 0.6 is 22.6 Å². The number of Topliss-reactive ketones (excluding diaryl/α,β-unsaturated/α-hetero) is 1. The summed E-state index contributed by atoms with van der Waals surface area (Å²) in [4.78, 5) is 26.7. The second kappa shape index (κ2) is 3.02. The van der Waals surface area contributed by atoms with E-state index in [9.17, 15) is 9.59 Å². The van der Waals surface area contributed by atoms with Crippen LogP contribution in [0.4, 0.5) is 0 Å². The molecule has 0 spiro atoms. The van der Waals surface area contributed by atoms with E-state index in [1.54, 1.807) is 12.1 Å². The first-order valence-electron chi connectivity index (χ1n) is 3.61. The van der Waals surface area contributed by atoms with Gasteiger partial charge in [-0.15, -0.1) is 0 Å². The number of carbonyl (C=O) groups excluding carboxylic acids is 2. The van der Waals surface area contributed by atoms with Crippen molar-refractivity contribution < 1.29 is 9.59 Å². The Labute approximate surface area is 88.0 Å². The summed E-state index contributed by atoms with van der Waals surface area (Å²) in [6.45, 7) is 0. The molecule has 0 saturated heterocycles. The normalized spacial score (nSPS) is 15.3. The second-order valence-corrected chi connectivity index (χ2v) is 3.75. The van der Waals surface area contributed by atoms with E-state index in [-0.39, 0.29) is 17.3 Å². The number of ketones is 2. The van der Waals surface area contributed by atoms with Crippen molar-refractivity contribution in [3.8, 4) is 0 Å². The highest BCUT2D eigenvalue weighted by Crippen LogP contribution is 2.22. The number of halogens is 1. The Bertz CT molecular complexity index is 437. The van der Waals surface area contributed by atoms with Gasteiger partial charge < -0.3 is 0 Å². The summed E-state index contributed by atoms with van der Waals surface area (Å²) in [7, 11) is 0. The predicted octanol–water partition coefficient (Wildman–Crippen LogP) is 1.78. The highest BCUT2D eigenvalue weighted by atomic mass is 127. The molecule has 4 heteroatoms. The molecule has 0 N–H and O–H groups in total. The number of nitrogens with zero attached hydrogens (tertiary/aromatic N) is 1. The van der Waals surface area contributed by atoms with Crippen LogP contribution in [0.1, 0.15) is 20.8 Å². The molecule has 0 unspecified atom stereocenters. The molecule has 1 aromatic rings. The van der Waals surface area contributed by atoms with Crippen molar-refractivity contribution in [3.63, 3.8) is 0 Å². The molecule has 0 saturated carbocycles. The molecular weight excluding hydrogens is 281 g/mol. The minimum absolute atomic E-state index is 0.146. The van der Waals surface area contributed by atoms with E-state index in [1.807, 2.05) is 22.6 Å². The van der Waals surface area contributed by atoms with Gasteiger partial charge in [-0.3, -0.25) is 14.6 Å². The molecular formula is C9H4INO2. The van der Waals surface area contributed by atoms with Crippen LogP contribution in [-0.4, -0.2) is 16.6 Å². The first kappa shape index (κ1) is 8.55. The Balaban J connectivity index is 2.69. The second-order valence-electron chi connectivity index (χ2n) is 2.59. The molecule has 0 atom stereocenters. The fourth-order valence-electron chi connectivity index (χ4n) is 1.16. The molecule has 64 valence electrons. The summed E-state index contributed by atoms with van der Waals surface area (Å²) in [6, 6.07) is 3.26. The number of fused-ring (bicyclic) bond motifs is 1. The average molecular weight is 285 g/mol. The molecule has 13 heavy (non-hydrogen) atoms. The Morgan fingerprint density at radius 2 is 2.08 bits per heavy atom. The van der Waals surface area contributed by atoms with Crippen LogP contribution in [0.25, 0.3) is 0 Å². The van der Waals surface area contributed by atoms with Crippen LogP contribution in [0.2, 0.25) is 0 Å². The van der Waals surface area contributed by atoms with E-state index >= 15 is 0 Å². The van der Waals surface area contributed by atoms with Crippen molar-refractivity contribution >= 4 is 34.2 Å². The maximum absolute atomic E-state index is 11.5. The van der Waals surface area contributed by atoms with Crippen molar-refractivity contribution in [1.29, 1.82) is 0 Å². The maximum atomic E-state index is 11.5. The zero-order valence-corrected chi connectivity index (χ0v) is 8.61. The lowest BCUT2D eigenvalue weighted by Gasteiger charge is -2.08. The van der Waals surface area contributed by atoms with Gasteiger partial charge in [-0.05, 0) is 34.7 Å². The third-order valence-corrected chi connectivity index (χ3v) is 2.56. The molecule has 1 aliphatic carbocycles. The van der Waals surface area contributed by atoms with E-state index in [0.717, 1.165) is 0 Å². The largest absolute Gasteiger partial charge is 0.289 e. The quantitative estimate of drug-likeness (QED) is 0.683. The molecule has 2 rings (SSSR count). The lowest BCUT2D eigenvalue weighted by Crippen LogP contribution is -2.15. The van der Waals surface area contributed by atoms with E-state index in [1.165, 1.54) is 12.3 Å². The first-order chi connectivity index (χ1) is 6.20. The third kappa shape index (κ3) is 1.31. The summed E-state index contributed by atoms with van der Waals surface area (Å²) in [5, 5.41) is 0. The number of hydrogen-bond donors (Lipinski definition) is 0. The Hall–Kier alpha value is -1.04. The molecule has 3 nitrogen and oxygen atoms in total. The fraction of sp³-hybridized carbons (Fsp3) is 0. The number of pyridine rings is 1. The van der Waals surface area contributed by atoms with E-state index in [4.69, 9.17) is 0 Å². The molecule has 1 aliphatic rings. The molecule has 0 radical (unpaired) electrons. The van der Waals surface area contributed by atoms with Crippen molar-refractivity contribution in [1.82, 2.24) is 4.98 Å². The lowest BCUT2D eigenvalue weighted by molar-refractivity contribution is 0.0989. The van der Waals surface area contributed by atoms with E-state index in [2.05, 4.69) is 4.98 Å². The number of hydrogen-bond acceptors (Lipinski definition) is 3. The van der Waals surface area contributed by atoms with E-state index in [0.29, 0.717) is 9.14 Å². The lowest BCUT2D eigenvalue weighted by atomic mass is 10.0. The van der Waals surface area contributed by atoms with Gasteiger partial charge in [0.2, 0.25) is 5.78 Å². The van der Waals surface area contributed by atoms with Gasteiger partial charge in [0.1, 0.15) is 5.69 Å². The number of aromatic nitrogens is 1. The van der Waals surface area contributed by atoms with Gasteiger partial charge in [-0.2, -0.15) is 0 Å². The molecule has 0 aliphatic heterocycles. The zero-order valence-electron chi connectivity index (χ0n) is 6.45. The van der Waals surface area contributed by atoms with Gasteiger partial charge in [-0.1, -0.05) is 0 Å². The van der Waals surface area contributed by atoms with Crippen molar-refractivity contribution in [2.45, 2.75) is 0 Å². The van der Waals surface area contributed by atoms with Gasteiger partial charge in [0.15, 0.2) is 5.78 Å². The maximum Gasteiger partial charge on any atom is 0.218 e. The van der Waals surface area contributed by atoms with Crippen LogP contribution in [0.15, 0.2) is 28.0 Å². The van der Waals surface area contributed by atoms with Crippen LogP contribution in [0.3, 0.4) is 0 Å². The Kier molecular flexibility index (Phi) is 1.99. The van der Waals surface area contributed by atoms with E-state index < -0.39 is 0 Å². The SMILES string of the molecule is O=C1C=C(I)C(=O)c2ncccc21. The van der Waals surface area contributed by atoms with Gasteiger partial charge in [-0.25, -0.2) is 0 Å². The molecule has 0 bridgehead atoms. The molecule has 1 aromatic heterocycles. The number of rotatable bonds is 0. The predicted molar refractivity (Wildman–Crippen MR) is 55.0 cm³/mol. The minimum atomic E-state index is -0.171. The van der Waals surface area contributed by atoms with Crippen LogP contribution < -0.4 is 0 Å². The highest BCUT2D eigenvalue weighted by molar-refractivity contribution is 14.1. The molecule has 1 heterocycles. The third-order valence-electron chi connectivity index (χ3n) is 1.76. The van der Waals surface area contributed by atoms with Gasteiger partial charge in [0, 0.05) is 12.3 Å². The molecule has 0 aromatic carbocycles. The topological polar surface area (TPSA) is 47.0 Å². The van der Waals surface area contributed by atoms with Crippen LogP contribution in [0, 0.1) is 0 Å². The standard InChI is InChI=1S/C9H4INO2/c10-6-4-7(12)5-2-1-3-11-8(5)9(6)13/h1-4H. The number of allylic oxidation sites excluding steroid dienone is 2. The Morgan fingerprint density at radius 1 is 1.31 bits per heavy atom. The van der Waals surface area contributed by atoms with Gasteiger partial charge in [0.25, 0.3) is 0 Å². The molecule has 0 fully saturated rings. The fourth-order valence-corrected chi connectivity index (χ4v) is 1.69. The average Bonchev–Trinajstić information content (AvgIpc) is 2.15. The monoisotopic (exact) mass is 285 g/mol. The summed E-state index contributed by atoms with van der Waals surface area (Å²) in [5.41, 5.74) is 0.660. The smallest absolute Gasteiger partial charge is 0.218 e. The highest BCUT2D eigenvalue weighted by Gasteiger charge is 2.24. The first-order valence-corrected chi connectivity index (χ1v) is 4.69. The Morgan fingerprint density at radius 3 is 2.85 bits per heavy atom. The van der Waals surface area contributed by atoms with Crippen molar-refractivity contribution in [2.75, 3.05) is 0 Å². The summed E-state index contributed by atoms with van der Waals surface area (Å²) in [5.74, 6) is -0.317. The van der Waals surface area contributed by atoms with Crippen LogP contribution in [-0.2, 0) is 0 Å². The number of carbonyl (C=O) groups is 2.